The fraction of sp³-hybridized carbons (Fsp3) is 0.391. The summed E-state index contributed by atoms with van der Waals surface area (Å²) in [4.78, 5) is 16.1. The van der Waals surface area contributed by atoms with Crippen molar-refractivity contribution in [3.63, 3.8) is 0 Å². The number of nitrogens with one attached hydrogen (secondary N) is 2. The van der Waals surface area contributed by atoms with Crippen molar-refractivity contribution in [2.45, 2.75) is 53.9 Å². The number of amides is 2. The van der Waals surface area contributed by atoms with Gasteiger partial charge in [-0.2, -0.15) is 0 Å². The van der Waals surface area contributed by atoms with E-state index >= 15 is 0 Å². The molecule has 5 heteroatoms. The number of para-hydroxylation sites is 1. The van der Waals surface area contributed by atoms with Gasteiger partial charge in [0.2, 0.25) is 0 Å². The molecule has 152 valence electrons. The summed E-state index contributed by atoms with van der Waals surface area (Å²) in [5, 5.41) is 5.95. The number of benzene rings is 1. The number of rotatable bonds is 10. The molecule has 0 fully saturated rings. The molecule has 0 bridgehead atoms. The number of nitrogens with zero attached hydrogens (tertiary/aromatic N) is 1. The highest BCUT2D eigenvalue weighted by Gasteiger charge is 2.08. The van der Waals surface area contributed by atoms with Gasteiger partial charge in [-0.3, -0.25) is 10.3 Å². The van der Waals surface area contributed by atoms with Gasteiger partial charge in [0.1, 0.15) is 5.82 Å². The predicted octanol–water partition coefficient (Wildman–Crippen LogP) is 5.75. The molecule has 0 spiro atoms. The zero-order valence-corrected chi connectivity index (χ0v) is 17.8. The average Bonchev–Trinajstić information content (AvgIpc) is 2.68. The maximum Gasteiger partial charge on any atom is 0.317 e. The van der Waals surface area contributed by atoms with Crippen LogP contribution in [0.25, 0.3) is 0 Å². The Hall–Kier alpha value is -2.82. The van der Waals surface area contributed by atoms with Crippen molar-refractivity contribution in [1.29, 1.82) is 0 Å². The first-order valence-corrected chi connectivity index (χ1v) is 9.85. The summed E-state index contributed by atoms with van der Waals surface area (Å²) in [6.07, 6.45) is 8.77. The molecule has 1 atom stereocenters. The first-order chi connectivity index (χ1) is 13.4. The lowest BCUT2D eigenvalue weighted by Crippen LogP contribution is -2.32. The van der Waals surface area contributed by atoms with Gasteiger partial charge >= 0.3 is 6.03 Å². The molecule has 0 aromatic heterocycles. The maximum absolute atomic E-state index is 11.5. The van der Waals surface area contributed by atoms with Crippen LogP contribution in [-0.2, 0) is 0 Å². The lowest BCUT2D eigenvalue weighted by molar-refractivity contribution is 0.251. The van der Waals surface area contributed by atoms with Crippen molar-refractivity contribution in [1.82, 2.24) is 5.32 Å². The topological polar surface area (TPSA) is 79.5 Å². The third kappa shape index (κ3) is 8.71. The molecular formula is C23H34N4O. The Labute approximate surface area is 169 Å². The SMILES string of the molecule is CC\C=C/C(=C\N=C(/C)C(C)CC)C/C(C)=C(/NC(N)=O)Nc1ccccc1. The molecule has 4 N–H and O–H groups in total. The van der Waals surface area contributed by atoms with Crippen molar-refractivity contribution in [3.05, 3.63) is 65.7 Å². The zero-order valence-electron chi connectivity index (χ0n) is 17.8. The van der Waals surface area contributed by atoms with E-state index in [1.54, 1.807) is 0 Å². The van der Waals surface area contributed by atoms with Crippen molar-refractivity contribution in [2.24, 2.45) is 16.6 Å². The van der Waals surface area contributed by atoms with Crippen LogP contribution < -0.4 is 16.4 Å². The molecule has 5 nitrogen and oxygen atoms in total. The van der Waals surface area contributed by atoms with Crippen molar-refractivity contribution < 1.29 is 4.79 Å². The number of anilines is 1. The minimum absolute atomic E-state index is 0.455. The minimum Gasteiger partial charge on any atom is -0.351 e. The van der Waals surface area contributed by atoms with Gasteiger partial charge in [0, 0.05) is 17.6 Å². The van der Waals surface area contributed by atoms with Gasteiger partial charge in [-0.1, -0.05) is 51.1 Å². The maximum atomic E-state index is 11.5. The van der Waals surface area contributed by atoms with Gasteiger partial charge in [0.25, 0.3) is 0 Å². The second-order valence-electron chi connectivity index (χ2n) is 6.91. The highest BCUT2D eigenvalue weighted by molar-refractivity contribution is 5.84. The lowest BCUT2D eigenvalue weighted by Gasteiger charge is -2.15. The van der Waals surface area contributed by atoms with Crippen molar-refractivity contribution in [3.8, 4) is 0 Å². The molecule has 1 aromatic rings. The van der Waals surface area contributed by atoms with E-state index in [4.69, 9.17) is 5.73 Å². The number of nitrogens with two attached hydrogens (primary N) is 1. The molecule has 0 saturated heterocycles. The highest BCUT2D eigenvalue weighted by Crippen LogP contribution is 2.18. The van der Waals surface area contributed by atoms with E-state index in [2.05, 4.69) is 55.5 Å². The zero-order chi connectivity index (χ0) is 20.9. The second-order valence-corrected chi connectivity index (χ2v) is 6.91. The Morgan fingerprint density at radius 2 is 1.89 bits per heavy atom. The molecule has 0 aliphatic heterocycles. The first-order valence-electron chi connectivity index (χ1n) is 9.85. The molecule has 0 aliphatic rings. The summed E-state index contributed by atoms with van der Waals surface area (Å²) in [6.45, 7) is 10.5. The summed E-state index contributed by atoms with van der Waals surface area (Å²) < 4.78 is 0. The quantitative estimate of drug-likeness (QED) is 0.356. The number of hydrogen-bond donors (Lipinski definition) is 3. The fourth-order valence-corrected chi connectivity index (χ4v) is 2.45. The third-order valence-corrected chi connectivity index (χ3v) is 4.51. The number of urea groups is 1. The summed E-state index contributed by atoms with van der Waals surface area (Å²) in [7, 11) is 0. The molecule has 28 heavy (non-hydrogen) atoms. The molecule has 0 saturated carbocycles. The molecular weight excluding hydrogens is 348 g/mol. The van der Waals surface area contributed by atoms with Crippen LogP contribution in [-0.4, -0.2) is 11.7 Å². The lowest BCUT2D eigenvalue weighted by atomic mass is 10.0. The smallest absolute Gasteiger partial charge is 0.317 e. The van der Waals surface area contributed by atoms with Crippen LogP contribution in [0, 0.1) is 5.92 Å². The van der Waals surface area contributed by atoms with Crippen LogP contribution in [0.2, 0.25) is 0 Å². The Kier molecular flexibility index (Phi) is 10.4. The predicted molar refractivity (Wildman–Crippen MR) is 120 cm³/mol. The molecule has 1 unspecified atom stereocenters. The fourth-order valence-electron chi connectivity index (χ4n) is 2.45. The van der Waals surface area contributed by atoms with Gasteiger partial charge in [-0.25, -0.2) is 4.79 Å². The van der Waals surface area contributed by atoms with Crippen LogP contribution in [0.15, 0.2) is 70.6 Å². The third-order valence-electron chi connectivity index (χ3n) is 4.51. The number of carbonyl (C=O) groups excluding carboxylic acids is 1. The van der Waals surface area contributed by atoms with Gasteiger partial charge in [-0.15, -0.1) is 0 Å². The normalized spacial score (nSPS) is 14.6. The second kappa shape index (κ2) is 12.5. The van der Waals surface area contributed by atoms with Crippen LogP contribution in [0.4, 0.5) is 10.5 Å². The van der Waals surface area contributed by atoms with Crippen LogP contribution in [0.3, 0.4) is 0 Å². The summed E-state index contributed by atoms with van der Waals surface area (Å²) >= 11 is 0. The van der Waals surface area contributed by atoms with E-state index in [0.29, 0.717) is 18.2 Å². The van der Waals surface area contributed by atoms with Gasteiger partial charge in [0.15, 0.2) is 0 Å². The van der Waals surface area contributed by atoms with Crippen molar-refractivity contribution in [2.75, 3.05) is 5.32 Å². The monoisotopic (exact) mass is 382 g/mol. The van der Waals surface area contributed by atoms with E-state index in [1.807, 2.05) is 43.5 Å². The summed E-state index contributed by atoms with van der Waals surface area (Å²) in [5.41, 5.74) is 9.40. The van der Waals surface area contributed by atoms with E-state index in [-0.39, 0.29) is 0 Å². The highest BCUT2D eigenvalue weighted by atomic mass is 16.2. The molecule has 1 rings (SSSR count). The molecule has 0 radical (unpaired) electrons. The number of allylic oxidation sites excluding steroid dienone is 4. The standard InChI is InChI=1S/C23H34N4O/c1-6-8-12-20(16-25-19(5)17(3)7-2)15-18(4)22(27-23(24)28)26-21-13-10-9-11-14-21/h8-14,16-17,26H,6-7,15H2,1-5H3,(H3,24,27,28)/b12-8-,20-16+,22-18+,25-19+. The van der Waals surface area contributed by atoms with Crippen molar-refractivity contribution >= 4 is 17.4 Å². The Balaban J connectivity index is 3.15. The van der Waals surface area contributed by atoms with Crippen LogP contribution in [0.5, 0.6) is 0 Å². The number of primary amides is 1. The summed E-state index contributed by atoms with van der Waals surface area (Å²) in [6, 6.07) is 9.07. The minimum atomic E-state index is -0.599. The molecule has 1 aromatic carbocycles. The van der Waals surface area contributed by atoms with E-state index in [1.165, 1.54) is 0 Å². The van der Waals surface area contributed by atoms with Gasteiger partial charge in [0.05, 0.1) is 0 Å². The number of carbonyl (C=O) groups is 1. The van der Waals surface area contributed by atoms with Crippen LogP contribution >= 0.6 is 0 Å². The van der Waals surface area contributed by atoms with E-state index in [9.17, 15) is 4.79 Å². The molecule has 2 amide bonds. The van der Waals surface area contributed by atoms with Gasteiger partial charge in [-0.05, 0) is 62.3 Å². The van der Waals surface area contributed by atoms with E-state index in [0.717, 1.165) is 35.4 Å². The summed E-state index contributed by atoms with van der Waals surface area (Å²) in [5.74, 6) is 1.05. The molecule has 0 aliphatic carbocycles. The van der Waals surface area contributed by atoms with Crippen LogP contribution in [0.1, 0.15) is 53.9 Å². The largest absolute Gasteiger partial charge is 0.351 e. The number of aliphatic imine (C=N–C) groups is 1. The Bertz CT molecular complexity index is 745. The first kappa shape index (κ1) is 23.2. The Morgan fingerprint density at radius 1 is 1.21 bits per heavy atom. The van der Waals surface area contributed by atoms with Gasteiger partial charge < -0.3 is 11.1 Å². The number of hydrogen-bond acceptors (Lipinski definition) is 3. The van der Waals surface area contributed by atoms with E-state index < -0.39 is 6.03 Å². The average molecular weight is 383 g/mol. The molecule has 0 heterocycles. The Morgan fingerprint density at radius 3 is 2.46 bits per heavy atom.